The molecule has 0 aromatic heterocycles. The van der Waals surface area contributed by atoms with Crippen molar-refractivity contribution in [2.24, 2.45) is 0 Å². The van der Waals surface area contributed by atoms with Crippen LogP contribution >= 0.6 is 15.9 Å². The first-order valence-corrected chi connectivity index (χ1v) is 7.78. The SMILES string of the molecule is CCCCC(CCC)Nc1ccc(C(=O)O)c(Br)c1F. The van der Waals surface area contributed by atoms with Crippen LogP contribution in [0.25, 0.3) is 0 Å². The predicted octanol–water partition coefficient (Wildman–Crippen LogP) is 5.06. The summed E-state index contributed by atoms with van der Waals surface area (Å²) in [5, 5.41) is 12.1. The van der Waals surface area contributed by atoms with E-state index < -0.39 is 11.8 Å². The van der Waals surface area contributed by atoms with Gasteiger partial charge in [0.25, 0.3) is 0 Å². The van der Waals surface area contributed by atoms with Crippen molar-refractivity contribution in [3.63, 3.8) is 0 Å². The molecule has 1 aromatic carbocycles. The molecule has 1 aromatic rings. The number of unbranched alkanes of at least 4 members (excludes halogenated alkanes) is 1. The lowest BCUT2D eigenvalue weighted by molar-refractivity contribution is 0.0695. The Kier molecular flexibility index (Phi) is 6.99. The summed E-state index contributed by atoms with van der Waals surface area (Å²) in [6.45, 7) is 4.22. The van der Waals surface area contributed by atoms with Crippen molar-refractivity contribution in [2.75, 3.05) is 5.32 Å². The Hall–Kier alpha value is -1.10. The molecule has 0 spiro atoms. The highest BCUT2D eigenvalue weighted by Crippen LogP contribution is 2.28. The molecule has 0 fully saturated rings. The lowest BCUT2D eigenvalue weighted by atomic mass is 10.0. The highest BCUT2D eigenvalue weighted by molar-refractivity contribution is 9.10. The lowest BCUT2D eigenvalue weighted by Crippen LogP contribution is -2.20. The number of carboxylic acids is 1. The molecule has 0 aliphatic carbocycles. The number of anilines is 1. The Morgan fingerprint density at radius 2 is 2.05 bits per heavy atom. The third kappa shape index (κ3) is 4.47. The Morgan fingerprint density at radius 3 is 2.60 bits per heavy atom. The van der Waals surface area contributed by atoms with Gasteiger partial charge in [0.1, 0.15) is 0 Å². The highest BCUT2D eigenvalue weighted by Gasteiger charge is 2.17. The second-order valence-corrected chi connectivity index (χ2v) is 5.66. The molecule has 0 radical (unpaired) electrons. The summed E-state index contributed by atoms with van der Waals surface area (Å²) in [7, 11) is 0. The summed E-state index contributed by atoms with van der Waals surface area (Å²) in [6, 6.07) is 3.13. The van der Waals surface area contributed by atoms with Gasteiger partial charge < -0.3 is 10.4 Å². The van der Waals surface area contributed by atoms with Crippen LogP contribution in [0.15, 0.2) is 16.6 Å². The highest BCUT2D eigenvalue weighted by atomic mass is 79.9. The minimum Gasteiger partial charge on any atom is -0.478 e. The molecule has 0 heterocycles. The van der Waals surface area contributed by atoms with E-state index in [4.69, 9.17) is 5.11 Å². The second kappa shape index (κ2) is 8.25. The number of carboxylic acid groups (broad SMARTS) is 1. The van der Waals surface area contributed by atoms with Gasteiger partial charge in [-0.1, -0.05) is 33.1 Å². The van der Waals surface area contributed by atoms with Crippen LogP contribution in [-0.4, -0.2) is 17.1 Å². The second-order valence-electron chi connectivity index (χ2n) is 4.87. The molecule has 0 amide bonds. The third-order valence-corrected chi connectivity index (χ3v) is 3.99. The zero-order valence-electron chi connectivity index (χ0n) is 11.9. The van der Waals surface area contributed by atoms with E-state index in [0.717, 1.165) is 32.1 Å². The van der Waals surface area contributed by atoms with Crippen molar-refractivity contribution < 1.29 is 14.3 Å². The smallest absolute Gasteiger partial charge is 0.336 e. The molecule has 0 aliphatic rings. The van der Waals surface area contributed by atoms with E-state index in [0.29, 0.717) is 5.69 Å². The van der Waals surface area contributed by atoms with Gasteiger partial charge in [0.2, 0.25) is 0 Å². The predicted molar refractivity (Wildman–Crippen MR) is 82.9 cm³/mol. The van der Waals surface area contributed by atoms with Crippen LogP contribution in [0.2, 0.25) is 0 Å². The van der Waals surface area contributed by atoms with E-state index in [1.165, 1.54) is 12.1 Å². The van der Waals surface area contributed by atoms with Crippen LogP contribution in [0, 0.1) is 5.82 Å². The third-order valence-electron chi connectivity index (χ3n) is 3.22. The first-order valence-electron chi connectivity index (χ1n) is 6.99. The number of rotatable bonds is 8. The summed E-state index contributed by atoms with van der Waals surface area (Å²) >= 11 is 3.02. The lowest BCUT2D eigenvalue weighted by Gasteiger charge is -2.20. The fraction of sp³-hybridized carbons (Fsp3) is 0.533. The average molecular weight is 346 g/mol. The maximum atomic E-state index is 14.2. The van der Waals surface area contributed by atoms with Crippen LogP contribution in [0.1, 0.15) is 56.3 Å². The number of nitrogens with one attached hydrogen (secondary N) is 1. The standard InChI is InChI=1S/C15H21BrFNO2/c1-3-5-7-10(6-4-2)18-12-9-8-11(15(19)20)13(16)14(12)17/h8-10,18H,3-7H2,1-2H3,(H,19,20). The van der Waals surface area contributed by atoms with Gasteiger partial charge in [0.15, 0.2) is 5.82 Å². The number of benzene rings is 1. The molecule has 0 saturated carbocycles. The molecule has 3 nitrogen and oxygen atoms in total. The summed E-state index contributed by atoms with van der Waals surface area (Å²) in [6.07, 6.45) is 5.18. The summed E-state index contributed by atoms with van der Waals surface area (Å²) in [4.78, 5) is 10.9. The molecule has 112 valence electrons. The number of hydrogen-bond acceptors (Lipinski definition) is 2. The Morgan fingerprint density at radius 1 is 1.35 bits per heavy atom. The van der Waals surface area contributed by atoms with E-state index in [1.807, 2.05) is 0 Å². The van der Waals surface area contributed by atoms with Gasteiger partial charge in [-0.2, -0.15) is 0 Å². The van der Waals surface area contributed by atoms with Gasteiger partial charge in [0.05, 0.1) is 15.7 Å². The molecule has 0 saturated heterocycles. The molecule has 20 heavy (non-hydrogen) atoms. The van der Waals surface area contributed by atoms with Gasteiger partial charge in [0, 0.05) is 6.04 Å². The summed E-state index contributed by atoms with van der Waals surface area (Å²) in [5.41, 5.74) is 0.296. The molecule has 5 heteroatoms. The summed E-state index contributed by atoms with van der Waals surface area (Å²) in [5.74, 6) is -1.68. The van der Waals surface area contributed by atoms with Gasteiger partial charge in [-0.05, 0) is 40.9 Å². The Bertz CT molecular complexity index is 465. The molecule has 1 atom stereocenters. The molecule has 0 bridgehead atoms. The first-order chi connectivity index (χ1) is 9.51. The zero-order chi connectivity index (χ0) is 15.1. The fourth-order valence-corrected chi connectivity index (χ4v) is 2.65. The van der Waals surface area contributed by atoms with Gasteiger partial charge >= 0.3 is 5.97 Å². The molecule has 1 rings (SSSR count). The van der Waals surface area contributed by atoms with Crippen LogP contribution in [0.3, 0.4) is 0 Å². The van der Waals surface area contributed by atoms with Crippen molar-refractivity contribution in [3.8, 4) is 0 Å². The van der Waals surface area contributed by atoms with Crippen molar-refractivity contribution in [1.29, 1.82) is 0 Å². The van der Waals surface area contributed by atoms with Crippen LogP contribution in [0.4, 0.5) is 10.1 Å². The zero-order valence-corrected chi connectivity index (χ0v) is 13.5. The first kappa shape index (κ1) is 17.0. The van der Waals surface area contributed by atoms with Gasteiger partial charge in [-0.3, -0.25) is 0 Å². The fourth-order valence-electron chi connectivity index (χ4n) is 2.13. The maximum Gasteiger partial charge on any atom is 0.336 e. The van der Waals surface area contributed by atoms with Crippen molar-refractivity contribution in [1.82, 2.24) is 0 Å². The van der Waals surface area contributed by atoms with Crippen LogP contribution in [0.5, 0.6) is 0 Å². The largest absolute Gasteiger partial charge is 0.478 e. The molecule has 1 unspecified atom stereocenters. The van der Waals surface area contributed by atoms with E-state index in [9.17, 15) is 9.18 Å². The van der Waals surface area contributed by atoms with E-state index in [-0.39, 0.29) is 16.1 Å². The Labute approximate surface area is 127 Å². The summed E-state index contributed by atoms with van der Waals surface area (Å²) < 4.78 is 14.2. The molecular weight excluding hydrogens is 325 g/mol. The minimum atomic E-state index is -1.14. The molecular formula is C15H21BrFNO2. The number of halogens is 2. The van der Waals surface area contributed by atoms with Crippen molar-refractivity contribution in [3.05, 3.63) is 28.0 Å². The maximum absolute atomic E-state index is 14.2. The minimum absolute atomic E-state index is 0.000685. The Balaban J connectivity index is 2.90. The van der Waals surface area contributed by atoms with Gasteiger partial charge in [-0.15, -0.1) is 0 Å². The molecule has 0 aliphatic heterocycles. The molecule has 2 N–H and O–H groups in total. The number of hydrogen-bond donors (Lipinski definition) is 2. The van der Waals surface area contributed by atoms with Crippen molar-refractivity contribution >= 4 is 27.6 Å². The van der Waals surface area contributed by atoms with E-state index in [1.54, 1.807) is 0 Å². The topological polar surface area (TPSA) is 49.3 Å². The average Bonchev–Trinajstić information content (AvgIpc) is 2.41. The number of carbonyl (C=O) groups is 1. The van der Waals surface area contributed by atoms with Gasteiger partial charge in [-0.25, -0.2) is 9.18 Å². The van der Waals surface area contributed by atoms with E-state index >= 15 is 0 Å². The number of aromatic carboxylic acids is 1. The monoisotopic (exact) mass is 345 g/mol. The van der Waals surface area contributed by atoms with Crippen LogP contribution in [-0.2, 0) is 0 Å². The quantitative estimate of drug-likeness (QED) is 0.692. The van der Waals surface area contributed by atoms with Crippen molar-refractivity contribution in [2.45, 2.75) is 52.0 Å². The van der Waals surface area contributed by atoms with Crippen LogP contribution < -0.4 is 5.32 Å². The van der Waals surface area contributed by atoms with E-state index in [2.05, 4.69) is 35.1 Å². The normalized spacial score (nSPS) is 12.2.